The normalized spacial score (nSPS) is 13.1. The largest absolute Gasteiger partial charge is 0.367 e. The van der Waals surface area contributed by atoms with Crippen molar-refractivity contribution < 1.29 is 9.59 Å². The molecular formula is C21H22N6O2. The monoisotopic (exact) mass is 390 g/mol. The highest BCUT2D eigenvalue weighted by molar-refractivity contribution is 6.26. The maximum absolute atomic E-state index is 12.5. The number of carbonyl (C=O) groups is 2. The van der Waals surface area contributed by atoms with Gasteiger partial charge in [-0.15, -0.1) is 0 Å². The summed E-state index contributed by atoms with van der Waals surface area (Å²) < 4.78 is 0. The number of rotatable bonds is 6. The Kier molecular flexibility index (Phi) is 4.84. The summed E-state index contributed by atoms with van der Waals surface area (Å²) in [4.78, 5) is 39.3. The fourth-order valence-electron chi connectivity index (χ4n) is 3.45. The molecule has 148 valence electrons. The molecule has 2 aromatic carbocycles. The quantitative estimate of drug-likeness (QED) is 0.493. The lowest BCUT2D eigenvalue weighted by Crippen LogP contribution is -2.36. The molecule has 2 N–H and O–H groups in total. The van der Waals surface area contributed by atoms with Gasteiger partial charge in [-0.3, -0.25) is 14.5 Å². The molecule has 2 heterocycles. The van der Waals surface area contributed by atoms with Crippen molar-refractivity contribution in [1.82, 2.24) is 19.9 Å². The van der Waals surface area contributed by atoms with Gasteiger partial charge in [0, 0.05) is 47.5 Å². The molecule has 8 nitrogen and oxygen atoms in total. The Labute approximate surface area is 168 Å². The van der Waals surface area contributed by atoms with Crippen LogP contribution in [0.5, 0.6) is 0 Å². The van der Waals surface area contributed by atoms with Crippen LogP contribution in [0.3, 0.4) is 0 Å². The topological polar surface area (TPSA) is 100 Å². The number of nitrogens with one attached hydrogen (secondary N) is 2. The predicted octanol–water partition coefficient (Wildman–Crippen LogP) is 2.86. The molecule has 0 saturated heterocycles. The zero-order valence-corrected chi connectivity index (χ0v) is 16.6. The summed E-state index contributed by atoms with van der Waals surface area (Å²) in [5, 5.41) is 8.00. The maximum Gasteiger partial charge on any atom is 0.261 e. The van der Waals surface area contributed by atoms with E-state index in [1.807, 2.05) is 32.0 Å². The second-order valence-electron chi connectivity index (χ2n) is 6.79. The first-order valence-electron chi connectivity index (χ1n) is 9.63. The summed E-state index contributed by atoms with van der Waals surface area (Å²) in [6, 6.07) is 9.10. The third kappa shape index (κ3) is 3.26. The van der Waals surface area contributed by atoms with Crippen molar-refractivity contribution in [1.29, 1.82) is 0 Å². The van der Waals surface area contributed by atoms with E-state index in [0.717, 1.165) is 40.5 Å². The summed E-state index contributed by atoms with van der Waals surface area (Å²) in [6.45, 7) is 4.40. The third-order valence-corrected chi connectivity index (χ3v) is 5.00. The summed E-state index contributed by atoms with van der Waals surface area (Å²) >= 11 is 0. The molecule has 4 rings (SSSR count). The van der Waals surface area contributed by atoms with Crippen LogP contribution in [0.2, 0.25) is 0 Å². The highest BCUT2D eigenvalue weighted by Crippen LogP contribution is 2.33. The van der Waals surface area contributed by atoms with Gasteiger partial charge in [0.1, 0.15) is 11.6 Å². The van der Waals surface area contributed by atoms with Crippen molar-refractivity contribution in [2.45, 2.75) is 26.7 Å². The van der Waals surface area contributed by atoms with Crippen molar-refractivity contribution in [2.75, 3.05) is 24.3 Å². The molecule has 8 heteroatoms. The summed E-state index contributed by atoms with van der Waals surface area (Å²) in [7, 11) is 1.51. The minimum atomic E-state index is -0.284. The van der Waals surface area contributed by atoms with Crippen LogP contribution in [0.4, 0.5) is 11.6 Å². The fraction of sp³-hybridized carbons (Fsp3) is 0.286. The van der Waals surface area contributed by atoms with Crippen molar-refractivity contribution >= 4 is 34.2 Å². The summed E-state index contributed by atoms with van der Waals surface area (Å²) in [5.74, 6) is 1.46. The predicted molar refractivity (Wildman–Crippen MR) is 111 cm³/mol. The fourth-order valence-corrected chi connectivity index (χ4v) is 3.45. The Morgan fingerprint density at radius 3 is 2.17 bits per heavy atom. The van der Waals surface area contributed by atoms with E-state index in [1.54, 1.807) is 12.1 Å². The van der Waals surface area contributed by atoms with Gasteiger partial charge >= 0.3 is 0 Å². The number of benzene rings is 2. The lowest BCUT2D eigenvalue weighted by molar-refractivity contribution is 0.0650. The van der Waals surface area contributed by atoms with E-state index >= 15 is 0 Å². The molecular weight excluding hydrogens is 368 g/mol. The highest BCUT2D eigenvalue weighted by atomic mass is 16.2. The highest BCUT2D eigenvalue weighted by Gasteiger charge is 2.30. The van der Waals surface area contributed by atoms with Crippen LogP contribution in [-0.2, 0) is 12.8 Å². The average Bonchev–Trinajstić information content (AvgIpc) is 2.76. The number of anilines is 2. The Morgan fingerprint density at radius 2 is 1.52 bits per heavy atom. The molecule has 0 fully saturated rings. The number of hydrogen-bond acceptors (Lipinski definition) is 7. The van der Waals surface area contributed by atoms with Gasteiger partial charge in [0.15, 0.2) is 0 Å². The molecule has 1 aliphatic heterocycles. The minimum absolute atomic E-state index is 0.284. The Morgan fingerprint density at radius 1 is 0.862 bits per heavy atom. The molecule has 1 aliphatic rings. The van der Waals surface area contributed by atoms with Gasteiger partial charge in [0.2, 0.25) is 5.95 Å². The van der Waals surface area contributed by atoms with Crippen molar-refractivity contribution in [3.05, 3.63) is 53.1 Å². The zero-order chi connectivity index (χ0) is 20.5. The van der Waals surface area contributed by atoms with Gasteiger partial charge in [0.25, 0.3) is 11.8 Å². The number of aryl methyl sites for hydroxylation is 2. The maximum atomic E-state index is 12.5. The van der Waals surface area contributed by atoms with Crippen LogP contribution in [0.15, 0.2) is 30.3 Å². The first kappa shape index (κ1) is 18.8. The molecule has 0 unspecified atom stereocenters. The van der Waals surface area contributed by atoms with Gasteiger partial charge in [-0.1, -0.05) is 26.0 Å². The van der Waals surface area contributed by atoms with Gasteiger partial charge in [0.05, 0.1) is 6.67 Å². The Hall–Kier alpha value is -3.55. The first-order chi connectivity index (χ1) is 14.0. The van der Waals surface area contributed by atoms with E-state index in [4.69, 9.17) is 0 Å². The first-order valence-corrected chi connectivity index (χ1v) is 9.63. The van der Waals surface area contributed by atoms with Crippen LogP contribution in [-0.4, -0.2) is 45.4 Å². The van der Waals surface area contributed by atoms with Gasteiger partial charge in [-0.2, -0.15) is 9.97 Å². The second-order valence-corrected chi connectivity index (χ2v) is 6.79. The van der Waals surface area contributed by atoms with E-state index in [9.17, 15) is 9.59 Å². The molecule has 3 aromatic rings. The van der Waals surface area contributed by atoms with E-state index < -0.39 is 0 Å². The third-order valence-electron chi connectivity index (χ3n) is 5.00. The molecule has 1 aromatic heterocycles. The van der Waals surface area contributed by atoms with E-state index in [-0.39, 0.29) is 11.8 Å². The molecule has 0 atom stereocenters. The van der Waals surface area contributed by atoms with Crippen LogP contribution < -0.4 is 10.6 Å². The van der Waals surface area contributed by atoms with Crippen LogP contribution in [0, 0.1) is 0 Å². The molecule has 0 radical (unpaired) electrons. The van der Waals surface area contributed by atoms with Crippen molar-refractivity contribution in [2.24, 2.45) is 0 Å². The summed E-state index contributed by atoms with van der Waals surface area (Å²) in [5.41, 5.74) is 1.89. The zero-order valence-electron chi connectivity index (χ0n) is 16.6. The van der Waals surface area contributed by atoms with Crippen molar-refractivity contribution in [3.63, 3.8) is 0 Å². The Balaban J connectivity index is 1.61. The molecule has 0 saturated carbocycles. The number of nitrogens with zero attached hydrogens (tertiary/aromatic N) is 4. The molecule has 0 spiro atoms. The standard InChI is InChI=1S/C21H22N6O2/c1-4-16-24-17(5-2)26-21(25-16)23-11-22-15-10-9-14-18-12(15)7-6-8-13(18)19(28)27(3)20(14)29/h6-10,22H,4-5,11H2,1-3H3,(H,23,24,25,26). The van der Waals surface area contributed by atoms with Gasteiger partial charge < -0.3 is 10.6 Å². The number of carbonyl (C=O) groups excluding carboxylic acids is 2. The van der Waals surface area contributed by atoms with Gasteiger partial charge in [-0.25, -0.2) is 4.98 Å². The van der Waals surface area contributed by atoms with Gasteiger partial charge in [-0.05, 0) is 18.2 Å². The lowest BCUT2D eigenvalue weighted by Gasteiger charge is -2.24. The lowest BCUT2D eigenvalue weighted by atomic mass is 9.93. The molecule has 0 bridgehead atoms. The Bertz CT molecular complexity index is 1080. The smallest absolute Gasteiger partial charge is 0.261 e. The van der Waals surface area contributed by atoms with E-state index in [2.05, 4.69) is 25.6 Å². The van der Waals surface area contributed by atoms with Crippen LogP contribution in [0.1, 0.15) is 46.2 Å². The second kappa shape index (κ2) is 7.46. The van der Waals surface area contributed by atoms with E-state index in [1.165, 1.54) is 7.05 Å². The molecule has 29 heavy (non-hydrogen) atoms. The number of hydrogen-bond donors (Lipinski definition) is 2. The number of aromatic nitrogens is 3. The molecule has 2 amide bonds. The SMILES string of the molecule is CCc1nc(CC)nc(NCNc2ccc3c4c(cccc24)C(=O)N(C)C3=O)n1. The summed E-state index contributed by atoms with van der Waals surface area (Å²) in [6.07, 6.45) is 1.48. The molecule has 0 aliphatic carbocycles. The van der Waals surface area contributed by atoms with Crippen LogP contribution in [0.25, 0.3) is 10.8 Å². The van der Waals surface area contributed by atoms with Crippen molar-refractivity contribution in [3.8, 4) is 0 Å². The minimum Gasteiger partial charge on any atom is -0.367 e. The average molecular weight is 390 g/mol. The number of amides is 2. The van der Waals surface area contributed by atoms with Crippen LogP contribution >= 0.6 is 0 Å². The van der Waals surface area contributed by atoms with E-state index in [0.29, 0.717) is 29.1 Å². The number of imide groups is 1.